The first-order chi connectivity index (χ1) is 9.50. The van der Waals surface area contributed by atoms with Crippen LogP contribution >= 0.6 is 0 Å². The molecule has 0 aromatic heterocycles. The van der Waals surface area contributed by atoms with Crippen molar-refractivity contribution in [2.75, 3.05) is 0 Å². The maximum atomic E-state index is 10.7. The highest BCUT2D eigenvalue weighted by molar-refractivity contribution is 6.12. The van der Waals surface area contributed by atoms with E-state index in [9.17, 15) is 10.1 Å². The Hall–Kier alpha value is -2.49. The van der Waals surface area contributed by atoms with Crippen molar-refractivity contribution in [3.63, 3.8) is 0 Å². The zero-order valence-corrected chi connectivity index (χ0v) is 11.3. The molecule has 4 nitrogen and oxygen atoms in total. The minimum absolute atomic E-state index is 0.0997. The molecule has 0 atom stereocenters. The number of nitro groups is 1. The first-order valence-electron chi connectivity index (χ1n) is 6.43. The summed E-state index contributed by atoms with van der Waals surface area (Å²) < 4.78 is 0. The summed E-state index contributed by atoms with van der Waals surface area (Å²) in [7, 11) is 0. The van der Waals surface area contributed by atoms with Crippen LogP contribution in [0, 0.1) is 10.1 Å². The van der Waals surface area contributed by atoms with Crippen LogP contribution in [0.3, 0.4) is 0 Å². The van der Waals surface area contributed by atoms with Crippen LogP contribution in [0.25, 0.3) is 0 Å². The van der Waals surface area contributed by atoms with Crippen LogP contribution in [0.5, 0.6) is 0 Å². The number of benzene rings is 2. The molecule has 0 bridgehead atoms. The average Bonchev–Trinajstić information content (AvgIpc) is 2.71. The van der Waals surface area contributed by atoms with E-state index in [1.807, 2.05) is 18.2 Å². The van der Waals surface area contributed by atoms with Crippen LogP contribution in [-0.2, 0) is 5.41 Å². The van der Waals surface area contributed by atoms with Crippen molar-refractivity contribution in [2.45, 2.75) is 19.3 Å². The van der Waals surface area contributed by atoms with E-state index in [1.54, 1.807) is 12.1 Å². The average molecular weight is 266 g/mol. The molecule has 0 unspecified atom stereocenters. The molecule has 1 aliphatic rings. The van der Waals surface area contributed by atoms with Crippen LogP contribution in [0.2, 0.25) is 0 Å². The quantitative estimate of drug-likeness (QED) is 0.609. The topological polar surface area (TPSA) is 55.5 Å². The molecular formula is C16H14N2O2. The van der Waals surface area contributed by atoms with Gasteiger partial charge in [-0.25, -0.2) is 0 Å². The van der Waals surface area contributed by atoms with Crippen LogP contribution in [0.15, 0.2) is 53.5 Å². The molecule has 2 aromatic carbocycles. The Kier molecular flexibility index (Phi) is 2.67. The van der Waals surface area contributed by atoms with Gasteiger partial charge in [-0.05, 0) is 29.3 Å². The molecule has 1 heterocycles. The molecule has 0 saturated heterocycles. The lowest BCUT2D eigenvalue weighted by atomic mass is 9.79. The molecular weight excluding hydrogens is 252 g/mol. The Balaban J connectivity index is 2.06. The van der Waals surface area contributed by atoms with Crippen LogP contribution in [0.1, 0.15) is 25.0 Å². The lowest BCUT2D eigenvalue weighted by Crippen LogP contribution is -2.26. The molecule has 0 amide bonds. The number of rotatable bonds is 2. The van der Waals surface area contributed by atoms with Crippen LogP contribution < -0.4 is 0 Å². The summed E-state index contributed by atoms with van der Waals surface area (Å²) in [6.45, 7) is 4.25. The molecule has 0 fully saturated rings. The number of hydrogen-bond donors (Lipinski definition) is 0. The molecule has 0 spiro atoms. The highest BCUT2D eigenvalue weighted by atomic mass is 16.6. The number of hydrogen-bond acceptors (Lipinski definition) is 3. The SMILES string of the molecule is CC1(C)C(c2ccc([N+](=O)[O-])cc2)=Nc2ccccc21. The maximum absolute atomic E-state index is 10.7. The van der Waals surface area contributed by atoms with E-state index in [0.717, 1.165) is 17.0 Å². The predicted octanol–water partition coefficient (Wildman–Crippen LogP) is 4.01. The van der Waals surface area contributed by atoms with Crippen molar-refractivity contribution in [1.82, 2.24) is 0 Å². The summed E-state index contributed by atoms with van der Waals surface area (Å²) in [6.07, 6.45) is 0. The Morgan fingerprint density at radius 1 is 1.05 bits per heavy atom. The fourth-order valence-corrected chi connectivity index (χ4v) is 2.65. The third-order valence-corrected chi connectivity index (χ3v) is 3.75. The molecule has 0 saturated carbocycles. The maximum Gasteiger partial charge on any atom is 0.269 e. The lowest BCUT2D eigenvalue weighted by molar-refractivity contribution is -0.384. The van der Waals surface area contributed by atoms with Crippen LogP contribution in [0.4, 0.5) is 11.4 Å². The zero-order valence-electron chi connectivity index (χ0n) is 11.3. The van der Waals surface area contributed by atoms with Crippen LogP contribution in [-0.4, -0.2) is 10.6 Å². The first kappa shape index (κ1) is 12.5. The highest BCUT2D eigenvalue weighted by Crippen LogP contribution is 2.41. The number of nitro benzene ring substituents is 1. The summed E-state index contributed by atoms with van der Waals surface area (Å²) >= 11 is 0. The Bertz CT molecular complexity index is 716. The van der Waals surface area contributed by atoms with Crippen molar-refractivity contribution in [3.05, 3.63) is 69.8 Å². The van der Waals surface area contributed by atoms with Gasteiger partial charge in [0.1, 0.15) is 0 Å². The lowest BCUT2D eigenvalue weighted by Gasteiger charge is -2.22. The first-order valence-corrected chi connectivity index (χ1v) is 6.43. The molecule has 0 aliphatic carbocycles. The number of nitrogens with zero attached hydrogens (tertiary/aromatic N) is 2. The van der Waals surface area contributed by atoms with E-state index in [2.05, 4.69) is 19.9 Å². The molecule has 1 aliphatic heterocycles. The van der Waals surface area contributed by atoms with Gasteiger partial charge in [-0.1, -0.05) is 32.0 Å². The van der Waals surface area contributed by atoms with Crippen molar-refractivity contribution in [3.8, 4) is 0 Å². The van der Waals surface area contributed by atoms with Gasteiger partial charge in [0.2, 0.25) is 0 Å². The van der Waals surface area contributed by atoms with Gasteiger partial charge in [0.05, 0.1) is 16.3 Å². The van der Waals surface area contributed by atoms with E-state index in [1.165, 1.54) is 17.7 Å². The van der Waals surface area contributed by atoms with E-state index < -0.39 is 0 Å². The van der Waals surface area contributed by atoms with E-state index in [0.29, 0.717) is 0 Å². The second-order valence-electron chi connectivity index (χ2n) is 5.41. The summed E-state index contributed by atoms with van der Waals surface area (Å²) in [4.78, 5) is 15.0. The minimum atomic E-state index is -0.389. The van der Waals surface area contributed by atoms with Gasteiger partial charge in [0.25, 0.3) is 5.69 Å². The highest BCUT2D eigenvalue weighted by Gasteiger charge is 2.35. The number of fused-ring (bicyclic) bond motifs is 1. The molecule has 100 valence electrons. The number of para-hydroxylation sites is 1. The second-order valence-corrected chi connectivity index (χ2v) is 5.41. The molecule has 20 heavy (non-hydrogen) atoms. The van der Waals surface area contributed by atoms with Crippen molar-refractivity contribution >= 4 is 17.1 Å². The summed E-state index contributed by atoms with van der Waals surface area (Å²) in [6, 6.07) is 14.6. The van der Waals surface area contributed by atoms with Gasteiger partial charge in [0, 0.05) is 17.5 Å². The summed E-state index contributed by atoms with van der Waals surface area (Å²) in [5.74, 6) is 0. The molecule has 2 aromatic rings. The van der Waals surface area contributed by atoms with Gasteiger partial charge in [-0.3, -0.25) is 15.1 Å². The zero-order chi connectivity index (χ0) is 14.3. The Labute approximate surface area is 116 Å². The second kappa shape index (κ2) is 4.27. The van der Waals surface area contributed by atoms with Crippen molar-refractivity contribution < 1.29 is 4.92 Å². The number of non-ortho nitro benzene ring substituents is 1. The fraction of sp³-hybridized carbons (Fsp3) is 0.188. The van der Waals surface area contributed by atoms with Gasteiger partial charge in [-0.2, -0.15) is 0 Å². The van der Waals surface area contributed by atoms with Gasteiger partial charge >= 0.3 is 0 Å². The van der Waals surface area contributed by atoms with E-state index >= 15 is 0 Å². The van der Waals surface area contributed by atoms with E-state index in [4.69, 9.17) is 4.99 Å². The number of aliphatic imine (C=N–C) groups is 1. The molecule has 0 radical (unpaired) electrons. The van der Waals surface area contributed by atoms with Gasteiger partial charge in [-0.15, -0.1) is 0 Å². The standard InChI is InChI=1S/C16H14N2O2/c1-16(2)13-5-3-4-6-14(13)17-15(16)11-7-9-12(10-8-11)18(19)20/h3-10H,1-2H3. The Morgan fingerprint density at radius 2 is 1.70 bits per heavy atom. The molecule has 4 heteroatoms. The fourth-order valence-electron chi connectivity index (χ4n) is 2.65. The van der Waals surface area contributed by atoms with Crippen molar-refractivity contribution in [2.24, 2.45) is 4.99 Å². The third-order valence-electron chi connectivity index (χ3n) is 3.75. The summed E-state index contributed by atoms with van der Waals surface area (Å²) in [5.41, 5.74) is 3.96. The Morgan fingerprint density at radius 3 is 2.30 bits per heavy atom. The largest absolute Gasteiger partial charge is 0.269 e. The summed E-state index contributed by atoms with van der Waals surface area (Å²) in [5, 5.41) is 10.7. The smallest absolute Gasteiger partial charge is 0.258 e. The van der Waals surface area contributed by atoms with Gasteiger partial charge in [0.15, 0.2) is 0 Å². The molecule has 3 rings (SSSR count). The monoisotopic (exact) mass is 266 g/mol. The predicted molar refractivity (Wildman–Crippen MR) is 78.8 cm³/mol. The van der Waals surface area contributed by atoms with E-state index in [-0.39, 0.29) is 16.0 Å². The normalized spacial score (nSPS) is 15.6. The van der Waals surface area contributed by atoms with Gasteiger partial charge < -0.3 is 0 Å². The molecule has 0 N–H and O–H groups in total. The third kappa shape index (κ3) is 1.81. The van der Waals surface area contributed by atoms with Crippen molar-refractivity contribution in [1.29, 1.82) is 0 Å². The minimum Gasteiger partial charge on any atom is -0.258 e.